The van der Waals surface area contributed by atoms with Gasteiger partial charge in [-0.05, 0) is 47.9 Å². The first-order chi connectivity index (χ1) is 11.6. The third-order valence-corrected chi connectivity index (χ3v) is 3.85. The van der Waals surface area contributed by atoms with Crippen LogP contribution in [0.3, 0.4) is 0 Å². The van der Waals surface area contributed by atoms with E-state index in [9.17, 15) is 4.79 Å². The maximum absolute atomic E-state index is 11.9. The Morgan fingerprint density at radius 1 is 1.17 bits per heavy atom. The summed E-state index contributed by atoms with van der Waals surface area (Å²) in [5, 5.41) is 0.647. The Bertz CT molecular complexity index is 810. The number of carbonyl (C=O) groups is 1. The molecule has 0 atom stereocenters. The lowest BCUT2D eigenvalue weighted by molar-refractivity contribution is -0.130. The van der Waals surface area contributed by atoms with Crippen LogP contribution in [-0.2, 0) is 16.0 Å². The van der Waals surface area contributed by atoms with Crippen molar-refractivity contribution in [2.24, 2.45) is 4.99 Å². The van der Waals surface area contributed by atoms with Gasteiger partial charge in [-0.3, -0.25) is 0 Å². The summed E-state index contributed by atoms with van der Waals surface area (Å²) in [7, 11) is 1.63. The third kappa shape index (κ3) is 4.03. The molecule has 0 saturated carbocycles. The fraction of sp³-hybridized carbons (Fsp3) is 0.158. The van der Waals surface area contributed by atoms with Crippen LogP contribution in [0.1, 0.15) is 17.5 Å². The smallest absolute Gasteiger partial charge is 0.363 e. The summed E-state index contributed by atoms with van der Waals surface area (Å²) in [5.41, 5.74) is 2.25. The van der Waals surface area contributed by atoms with Crippen molar-refractivity contribution in [1.29, 1.82) is 0 Å². The van der Waals surface area contributed by atoms with Gasteiger partial charge in [-0.25, -0.2) is 9.79 Å². The minimum Gasteiger partial charge on any atom is -0.497 e. The molecule has 0 amide bonds. The Hall–Kier alpha value is -2.59. The summed E-state index contributed by atoms with van der Waals surface area (Å²) in [6, 6.07) is 15.0. The monoisotopic (exact) mass is 341 g/mol. The molecule has 2 aromatic rings. The second kappa shape index (κ2) is 7.32. The van der Waals surface area contributed by atoms with Crippen LogP contribution in [0.4, 0.5) is 0 Å². The summed E-state index contributed by atoms with van der Waals surface area (Å²) in [4.78, 5) is 16.2. The molecule has 122 valence electrons. The van der Waals surface area contributed by atoms with Gasteiger partial charge in [0.15, 0.2) is 11.6 Å². The van der Waals surface area contributed by atoms with E-state index in [1.165, 1.54) is 0 Å². The van der Waals surface area contributed by atoms with Crippen LogP contribution in [0, 0.1) is 0 Å². The Kier molecular flexibility index (Phi) is 4.96. The molecule has 24 heavy (non-hydrogen) atoms. The van der Waals surface area contributed by atoms with Crippen molar-refractivity contribution in [3.8, 4) is 5.75 Å². The molecule has 0 bridgehead atoms. The molecular formula is C19H16ClNO3. The molecule has 5 heteroatoms. The normalized spacial score (nSPS) is 15.3. The van der Waals surface area contributed by atoms with Crippen LogP contribution < -0.4 is 4.74 Å². The van der Waals surface area contributed by atoms with Crippen molar-refractivity contribution < 1.29 is 14.3 Å². The van der Waals surface area contributed by atoms with E-state index < -0.39 is 5.97 Å². The van der Waals surface area contributed by atoms with Gasteiger partial charge in [-0.15, -0.1) is 0 Å². The van der Waals surface area contributed by atoms with Gasteiger partial charge in [-0.1, -0.05) is 35.9 Å². The molecule has 1 heterocycles. The zero-order valence-corrected chi connectivity index (χ0v) is 13.9. The number of halogens is 1. The van der Waals surface area contributed by atoms with E-state index in [0.29, 0.717) is 23.0 Å². The summed E-state index contributed by atoms with van der Waals surface area (Å²) in [5.74, 6) is 0.815. The average Bonchev–Trinajstić information content (AvgIpc) is 2.95. The fourth-order valence-corrected chi connectivity index (χ4v) is 2.48. The summed E-state index contributed by atoms with van der Waals surface area (Å²) < 4.78 is 10.4. The lowest BCUT2D eigenvalue weighted by atomic mass is 10.1. The van der Waals surface area contributed by atoms with Crippen molar-refractivity contribution in [2.75, 3.05) is 7.11 Å². The molecule has 4 nitrogen and oxygen atoms in total. The Morgan fingerprint density at radius 3 is 2.71 bits per heavy atom. The first kappa shape index (κ1) is 16.3. The van der Waals surface area contributed by atoms with Crippen molar-refractivity contribution in [2.45, 2.75) is 12.8 Å². The lowest BCUT2D eigenvalue weighted by Crippen LogP contribution is -2.05. The van der Waals surface area contributed by atoms with Crippen molar-refractivity contribution in [1.82, 2.24) is 0 Å². The zero-order valence-electron chi connectivity index (χ0n) is 13.2. The van der Waals surface area contributed by atoms with Crippen molar-refractivity contribution in [3.05, 3.63) is 70.4 Å². The predicted molar refractivity (Wildman–Crippen MR) is 94.3 cm³/mol. The van der Waals surface area contributed by atoms with Gasteiger partial charge in [0.1, 0.15) is 5.75 Å². The molecule has 0 radical (unpaired) electrons. The second-order valence-corrected chi connectivity index (χ2v) is 5.76. The van der Waals surface area contributed by atoms with Crippen molar-refractivity contribution >= 4 is 29.5 Å². The van der Waals surface area contributed by atoms with Crippen LogP contribution in [-0.4, -0.2) is 19.0 Å². The molecule has 0 fully saturated rings. The van der Waals surface area contributed by atoms with E-state index in [0.717, 1.165) is 23.3 Å². The number of benzene rings is 2. The van der Waals surface area contributed by atoms with E-state index in [2.05, 4.69) is 4.99 Å². The first-order valence-electron chi connectivity index (χ1n) is 7.54. The van der Waals surface area contributed by atoms with E-state index in [-0.39, 0.29) is 0 Å². The largest absolute Gasteiger partial charge is 0.497 e. The zero-order chi connectivity index (χ0) is 16.9. The van der Waals surface area contributed by atoms with Crippen molar-refractivity contribution in [3.63, 3.8) is 0 Å². The van der Waals surface area contributed by atoms with Crippen LogP contribution in [0.5, 0.6) is 5.75 Å². The number of ether oxygens (including phenoxy) is 2. The Balaban J connectivity index is 1.68. The second-order valence-electron chi connectivity index (χ2n) is 5.33. The summed E-state index contributed by atoms with van der Waals surface area (Å²) in [6.45, 7) is 0. The Labute approximate surface area is 145 Å². The molecule has 0 aliphatic carbocycles. The number of methoxy groups -OCH3 is 1. The maximum atomic E-state index is 11.9. The molecular weight excluding hydrogens is 326 g/mol. The predicted octanol–water partition coefficient (Wildman–Crippen LogP) is 4.28. The highest BCUT2D eigenvalue weighted by Crippen LogP contribution is 2.20. The number of aryl methyl sites for hydroxylation is 1. The molecule has 3 rings (SSSR count). The number of nitrogens with zero attached hydrogens (tertiary/aromatic N) is 1. The molecule has 1 aliphatic heterocycles. The topological polar surface area (TPSA) is 47.9 Å². The first-order valence-corrected chi connectivity index (χ1v) is 7.92. The highest BCUT2D eigenvalue weighted by atomic mass is 35.5. The van der Waals surface area contributed by atoms with Crippen LogP contribution in [0.15, 0.2) is 59.2 Å². The number of hydrogen-bond donors (Lipinski definition) is 0. The number of cyclic esters (lactones) is 1. The van der Waals surface area contributed by atoms with Gasteiger partial charge in [0, 0.05) is 11.4 Å². The molecule has 1 aliphatic rings. The lowest BCUT2D eigenvalue weighted by Gasteiger charge is -2.03. The molecule has 0 unspecified atom stereocenters. The van der Waals surface area contributed by atoms with E-state index in [1.807, 2.05) is 36.4 Å². The number of esters is 1. The number of rotatable bonds is 5. The third-order valence-electron chi connectivity index (χ3n) is 3.60. The maximum Gasteiger partial charge on any atom is 0.363 e. The summed E-state index contributed by atoms with van der Waals surface area (Å²) >= 11 is 5.85. The number of aliphatic imine (C=N–C) groups is 1. The van der Waals surface area contributed by atoms with Gasteiger partial charge >= 0.3 is 5.97 Å². The highest BCUT2D eigenvalue weighted by Gasteiger charge is 2.22. The molecule has 0 saturated heterocycles. The minimum atomic E-state index is -0.425. The number of hydrogen-bond acceptors (Lipinski definition) is 4. The minimum absolute atomic E-state index is 0.304. The highest BCUT2D eigenvalue weighted by molar-refractivity contribution is 6.30. The SMILES string of the molecule is COc1cccc(CCC2=N/C(=C/c3ccc(Cl)cc3)C(=O)O2)c1. The number of carbonyl (C=O) groups excluding carboxylic acids is 1. The van der Waals surface area contributed by atoms with E-state index in [1.54, 1.807) is 25.3 Å². The van der Waals surface area contributed by atoms with Gasteiger partial charge in [0.25, 0.3) is 0 Å². The van der Waals surface area contributed by atoms with E-state index >= 15 is 0 Å². The molecule has 2 aromatic carbocycles. The van der Waals surface area contributed by atoms with Gasteiger partial charge < -0.3 is 9.47 Å². The van der Waals surface area contributed by atoms with Crippen LogP contribution >= 0.6 is 11.6 Å². The molecule has 0 N–H and O–H groups in total. The van der Waals surface area contributed by atoms with Gasteiger partial charge in [0.05, 0.1) is 7.11 Å². The van der Waals surface area contributed by atoms with Crippen LogP contribution in [0.2, 0.25) is 5.02 Å². The van der Waals surface area contributed by atoms with Crippen LogP contribution in [0.25, 0.3) is 6.08 Å². The van der Waals surface area contributed by atoms with E-state index in [4.69, 9.17) is 21.1 Å². The summed E-state index contributed by atoms with van der Waals surface area (Å²) in [6.07, 6.45) is 2.96. The van der Waals surface area contributed by atoms with Gasteiger partial charge in [0.2, 0.25) is 0 Å². The standard InChI is InChI=1S/C19H16ClNO3/c1-23-16-4-2-3-13(11-16)7-10-18-21-17(19(22)24-18)12-14-5-8-15(20)9-6-14/h2-6,8-9,11-12H,7,10H2,1H3/b17-12+. The average molecular weight is 342 g/mol. The molecule has 0 aromatic heterocycles. The molecule has 0 spiro atoms. The fourth-order valence-electron chi connectivity index (χ4n) is 2.36. The van der Waals surface area contributed by atoms with Gasteiger partial charge in [-0.2, -0.15) is 0 Å². The Morgan fingerprint density at radius 2 is 1.96 bits per heavy atom. The quantitative estimate of drug-likeness (QED) is 0.602.